The number of carbonyl (C=O) groups excluding carboxylic acids is 1. The maximum absolute atomic E-state index is 12.3. The molecule has 0 N–H and O–H groups in total. The van der Waals surface area contributed by atoms with Gasteiger partial charge in [0.25, 0.3) is 0 Å². The lowest BCUT2D eigenvalue weighted by Crippen LogP contribution is -2.18. The van der Waals surface area contributed by atoms with Gasteiger partial charge < -0.3 is 9.15 Å². The first-order valence-corrected chi connectivity index (χ1v) is 7.44. The van der Waals surface area contributed by atoms with Crippen LogP contribution in [0.5, 0.6) is 5.75 Å². The van der Waals surface area contributed by atoms with Gasteiger partial charge in [0.2, 0.25) is 0 Å². The minimum atomic E-state index is -0.732. The molecule has 116 valence electrons. The summed E-state index contributed by atoms with van der Waals surface area (Å²) in [5, 5.41) is 2.67. The number of esters is 1. The van der Waals surface area contributed by atoms with E-state index in [1.807, 2.05) is 30.3 Å². The molecule has 0 bridgehead atoms. The van der Waals surface area contributed by atoms with Crippen molar-refractivity contribution in [3.05, 3.63) is 88.8 Å². The summed E-state index contributed by atoms with van der Waals surface area (Å²) in [6.07, 6.45) is 0. The predicted octanol–water partition coefficient (Wildman–Crippen LogP) is 4.17. The van der Waals surface area contributed by atoms with Gasteiger partial charge in [-0.05, 0) is 35.0 Å². The zero-order chi connectivity index (χ0) is 16.5. The largest absolute Gasteiger partial charge is 0.423 e. The highest BCUT2D eigenvalue weighted by Gasteiger charge is 2.16. The fourth-order valence-electron chi connectivity index (χ4n) is 2.60. The van der Waals surface area contributed by atoms with E-state index in [9.17, 15) is 9.59 Å². The Labute approximate surface area is 136 Å². The van der Waals surface area contributed by atoms with Gasteiger partial charge in [-0.2, -0.15) is 0 Å². The number of ether oxygens (including phenoxy) is 1. The smallest absolute Gasteiger partial charge is 0.351 e. The van der Waals surface area contributed by atoms with Gasteiger partial charge in [-0.1, -0.05) is 48.5 Å². The molecule has 0 aliphatic carbocycles. The van der Waals surface area contributed by atoms with E-state index < -0.39 is 11.6 Å². The van der Waals surface area contributed by atoms with Crippen molar-refractivity contribution in [2.45, 2.75) is 0 Å². The number of benzene rings is 3. The van der Waals surface area contributed by atoms with Crippen molar-refractivity contribution in [1.82, 2.24) is 0 Å². The zero-order valence-electron chi connectivity index (χ0n) is 12.6. The second kappa shape index (κ2) is 5.66. The molecule has 0 saturated heterocycles. The monoisotopic (exact) mass is 316 g/mol. The summed E-state index contributed by atoms with van der Waals surface area (Å²) in [4.78, 5) is 24.3. The molecule has 0 aliphatic heterocycles. The van der Waals surface area contributed by atoms with Crippen molar-refractivity contribution >= 4 is 27.7 Å². The van der Waals surface area contributed by atoms with Crippen LogP contribution in [-0.2, 0) is 0 Å². The van der Waals surface area contributed by atoms with Crippen molar-refractivity contribution in [3.63, 3.8) is 0 Å². The first-order valence-electron chi connectivity index (χ1n) is 7.44. The molecule has 0 spiro atoms. The van der Waals surface area contributed by atoms with Crippen LogP contribution in [0.15, 0.2) is 82.0 Å². The van der Waals surface area contributed by atoms with Gasteiger partial charge in [-0.15, -0.1) is 0 Å². The Bertz CT molecular complexity index is 1120. The molecule has 1 aromatic heterocycles. The third-order valence-corrected chi connectivity index (χ3v) is 3.79. The number of rotatable bonds is 2. The van der Waals surface area contributed by atoms with Crippen molar-refractivity contribution < 1.29 is 13.9 Å². The Morgan fingerprint density at radius 3 is 2.33 bits per heavy atom. The van der Waals surface area contributed by atoms with E-state index in [1.165, 1.54) is 6.07 Å². The lowest BCUT2D eigenvalue weighted by atomic mass is 10.1. The van der Waals surface area contributed by atoms with Crippen LogP contribution in [0.3, 0.4) is 0 Å². The normalized spacial score (nSPS) is 10.8. The maximum Gasteiger partial charge on any atom is 0.351 e. The van der Waals surface area contributed by atoms with Crippen LogP contribution in [0.2, 0.25) is 0 Å². The number of para-hydroxylation sites is 1. The molecule has 4 nitrogen and oxygen atoms in total. The van der Waals surface area contributed by atoms with Gasteiger partial charge in [-0.3, -0.25) is 0 Å². The number of carbonyl (C=O) groups is 1. The summed E-state index contributed by atoms with van der Waals surface area (Å²) in [5.74, 6) is -0.351. The zero-order valence-corrected chi connectivity index (χ0v) is 12.6. The van der Waals surface area contributed by atoms with Crippen LogP contribution in [0, 0.1) is 0 Å². The standard InChI is InChI=1S/C20H12O4/c21-19(17-12-15-7-3-4-8-18(15)24-20(17)22)23-16-10-9-13-5-1-2-6-14(13)11-16/h1-12H. The minimum absolute atomic E-state index is 0.123. The third-order valence-electron chi connectivity index (χ3n) is 3.79. The molecule has 1 heterocycles. The summed E-state index contributed by atoms with van der Waals surface area (Å²) in [5.41, 5.74) is -0.397. The molecule has 0 aliphatic rings. The molecule has 0 saturated carbocycles. The molecule has 0 unspecified atom stereocenters. The lowest BCUT2D eigenvalue weighted by molar-refractivity contribution is 0.0731. The fourth-order valence-corrected chi connectivity index (χ4v) is 2.60. The number of hydrogen-bond acceptors (Lipinski definition) is 4. The molecule has 3 aromatic carbocycles. The number of hydrogen-bond donors (Lipinski definition) is 0. The Morgan fingerprint density at radius 2 is 1.50 bits per heavy atom. The van der Waals surface area contributed by atoms with Crippen molar-refractivity contribution in [3.8, 4) is 5.75 Å². The quantitative estimate of drug-likeness (QED) is 0.316. The van der Waals surface area contributed by atoms with Gasteiger partial charge in [0.1, 0.15) is 16.9 Å². The topological polar surface area (TPSA) is 56.5 Å². The van der Waals surface area contributed by atoms with Gasteiger partial charge >= 0.3 is 11.6 Å². The summed E-state index contributed by atoms with van der Waals surface area (Å²) >= 11 is 0. The Morgan fingerprint density at radius 1 is 0.792 bits per heavy atom. The highest BCUT2D eigenvalue weighted by atomic mass is 16.5. The van der Waals surface area contributed by atoms with Crippen LogP contribution in [0.1, 0.15) is 10.4 Å². The molecule has 0 amide bonds. The minimum Gasteiger partial charge on any atom is -0.423 e. The first-order chi connectivity index (χ1) is 11.7. The van der Waals surface area contributed by atoms with Crippen LogP contribution in [-0.4, -0.2) is 5.97 Å². The molecule has 4 rings (SSSR count). The Kier molecular flexibility index (Phi) is 3.35. The summed E-state index contributed by atoms with van der Waals surface area (Å²) in [6, 6.07) is 21.6. The molecule has 4 aromatic rings. The second-order valence-electron chi connectivity index (χ2n) is 5.38. The van der Waals surface area contributed by atoms with E-state index in [4.69, 9.17) is 9.15 Å². The first kappa shape index (κ1) is 14.2. The Balaban J connectivity index is 1.70. The molecule has 4 heteroatoms. The van der Waals surface area contributed by atoms with E-state index in [1.54, 1.807) is 36.4 Å². The third kappa shape index (κ3) is 2.54. The number of fused-ring (bicyclic) bond motifs is 2. The summed E-state index contributed by atoms with van der Waals surface area (Å²) < 4.78 is 10.5. The van der Waals surface area contributed by atoms with E-state index in [0.717, 1.165) is 10.8 Å². The van der Waals surface area contributed by atoms with Crippen molar-refractivity contribution in [2.75, 3.05) is 0 Å². The summed E-state index contributed by atoms with van der Waals surface area (Å²) in [7, 11) is 0. The predicted molar refractivity (Wildman–Crippen MR) is 91.4 cm³/mol. The molecular formula is C20H12O4. The average Bonchev–Trinajstić information content (AvgIpc) is 2.61. The van der Waals surface area contributed by atoms with Crippen molar-refractivity contribution in [1.29, 1.82) is 0 Å². The van der Waals surface area contributed by atoms with E-state index in [0.29, 0.717) is 16.7 Å². The highest BCUT2D eigenvalue weighted by molar-refractivity contribution is 5.94. The second-order valence-corrected chi connectivity index (χ2v) is 5.38. The molecular weight excluding hydrogens is 304 g/mol. The average molecular weight is 316 g/mol. The lowest BCUT2D eigenvalue weighted by Gasteiger charge is -2.06. The van der Waals surface area contributed by atoms with Gasteiger partial charge in [0, 0.05) is 5.39 Å². The van der Waals surface area contributed by atoms with Crippen LogP contribution in [0.4, 0.5) is 0 Å². The highest BCUT2D eigenvalue weighted by Crippen LogP contribution is 2.21. The van der Waals surface area contributed by atoms with E-state index in [2.05, 4.69) is 0 Å². The van der Waals surface area contributed by atoms with Gasteiger partial charge in [0.05, 0.1) is 0 Å². The van der Waals surface area contributed by atoms with Crippen molar-refractivity contribution in [2.24, 2.45) is 0 Å². The fraction of sp³-hybridized carbons (Fsp3) is 0. The molecule has 24 heavy (non-hydrogen) atoms. The van der Waals surface area contributed by atoms with Crippen LogP contribution in [0.25, 0.3) is 21.7 Å². The molecule has 0 fully saturated rings. The van der Waals surface area contributed by atoms with Gasteiger partial charge in [0.15, 0.2) is 0 Å². The van der Waals surface area contributed by atoms with E-state index >= 15 is 0 Å². The van der Waals surface area contributed by atoms with Crippen LogP contribution < -0.4 is 10.4 Å². The summed E-state index contributed by atoms with van der Waals surface area (Å²) in [6.45, 7) is 0. The SMILES string of the molecule is O=C(Oc1ccc2ccccc2c1)c1cc2ccccc2oc1=O. The molecule has 0 atom stereocenters. The Hall–Kier alpha value is -3.40. The van der Waals surface area contributed by atoms with Crippen LogP contribution >= 0.6 is 0 Å². The van der Waals surface area contributed by atoms with E-state index in [-0.39, 0.29) is 5.56 Å². The molecule has 0 radical (unpaired) electrons. The van der Waals surface area contributed by atoms with Gasteiger partial charge in [-0.25, -0.2) is 9.59 Å². The maximum atomic E-state index is 12.3.